The van der Waals surface area contributed by atoms with Gasteiger partial charge in [-0.05, 0) is 34.1 Å². The van der Waals surface area contributed by atoms with Crippen molar-refractivity contribution >= 4 is 5.97 Å². The quantitative estimate of drug-likeness (QED) is 0.620. The molecule has 0 aliphatic rings. The van der Waals surface area contributed by atoms with Crippen LogP contribution in [0, 0.1) is 5.92 Å². The minimum atomic E-state index is -0.132. The topological polar surface area (TPSA) is 35.5 Å². The Morgan fingerprint density at radius 2 is 1.64 bits per heavy atom. The van der Waals surface area contributed by atoms with Gasteiger partial charge in [0, 0.05) is 6.61 Å². The molecule has 0 aromatic carbocycles. The zero-order chi connectivity index (χ0) is 11.1. The van der Waals surface area contributed by atoms with Crippen molar-refractivity contribution in [1.29, 1.82) is 0 Å². The maximum atomic E-state index is 11.4. The first-order valence-corrected chi connectivity index (χ1v) is 5.25. The molecule has 0 radical (unpaired) electrons. The van der Waals surface area contributed by atoms with Gasteiger partial charge in [0.1, 0.15) is 0 Å². The Hall–Kier alpha value is -0.570. The first kappa shape index (κ1) is 13.4. The number of esters is 1. The lowest BCUT2D eigenvalue weighted by Gasteiger charge is -2.14. The van der Waals surface area contributed by atoms with E-state index in [0.717, 1.165) is 6.42 Å². The molecule has 0 spiro atoms. The molecule has 3 nitrogen and oxygen atoms in total. The van der Waals surface area contributed by atoms with Crippen molar-refractivity contribution in [1.82, 2.24) is 0 Å². The Morgan fingerprint density at radius 3 is 2.07 bits per heavy atom. The van der Waals surface area contributed by atoms with Gasteiger partial charge < -0.3 is 9.47 Å². The van der Waals surface area contributed by atoms with Gasteiger partial charge in [0.25, 0.3) is 0 Å². The lowest BCUT2D eigenvalue weighted by molar-refractivity contribution is -0.152. The zero-order valence-electron chi connectivity index (χ0n) is 9.87. The first-order valence-electron chi connectivity index (χ1n) is 5.25. The highest BCUT2D eigenvalue weighted by Crippen LogP contribution is 2.07. The maximum absolute atomic E-state index is 11.4. The van der Waals surface area contributed by atoms with Gasteiger partial charge in [0.2, 0.25) is 0 Å². The van der Waals surface area contributed by atoms with Crippen molar-refractivity contribution in [2.24, 2.45) is 5.92 Å². The summed E-state index contributed by atoms with van der Waals surface area (Å²) in [7, 11) is 0. The average molecular weight is 202 g/mol. The smallest absolute Gasteiger partial charge is 0.308 e. The molecule has 0 heterocycles. The van der Waals surface area contributed by atoms with Gasteiger partial charge >= 0.3 is 5.97 Å². The van der Waals surface area contributed by atoms with E-state index < -0.39 is 0 Å². The fraction of sp³-hybridized carbons (Fsp3) is 0.909. The van der Waals surface area contributed by atoms with Crippen molar-refractivity contribution in [2.75, 3.05) is 6.61 Å². The standard InChI is InChI=1S/C11H22O3/c1-8(2)13-7-6-10(5)11(12)14-9(3)4/h8-10H,6-7H2,1-5H3/t10-/m0/s1. The highest BCUT2D eigenvalue weighted by Gasteiger charge is 2.15. The molecule has 3 heteroatoms. The zero-order valence-corrected chi connectivity index (χ0v) is 9.87. The average Bonchev–Trinajstić information content (AvgIpc) is 2.01. The minimum Gasteiger partial charge on any atom is -0.463 e. The van der Waals surface area contributed by atoms with Gasteiger partial charge in [-0.15, -0.1) is 0 Å². The predicted molar refractivity (Wildman–Crippen MR) is 56.1 cm³/mol. The van der Waals surface area contributed by atoms with Crippen LogP contribution in [-0.2, 0) is 14.3 Å². The molecule has 0 aliphatic carbocycles. The maximum Gasteiger partial charge on any atom is 0.308 e. The summed E-state index contributed by atoms with van der Waals surface area (Å²) in [5.74, 6) is -0.205. The SMILES string of the molecule is CC(C)OCC[C@H](C)C(=O)OC(C)C. The lowest BCUT2D eigenvalue weighted by Crippen LogP contribution is -2.20. The van der Waals surface area contributed by atoms with Gasteiger partial charge in [0.05, 0.1) is 18.1 Å². The fourth-order valence-corrected chi connectivity index (χ4v) is 0.947. The molecule has 0 N–H and O–H groups in total. The van der Waals surface area contributed by atoms with Crippen LogP contribution in [-0.4, -0.2) is 24.8 Å². The Balaban J connectivity index is 3.62. The summed E-state index contributed by atoms with van der Waals surface area (Å²) in [6.45, 7) is 10.2. The molecule has 0 unspecified atom stereocenters. The highest BCUT2D eigenvalue weighted by atomic mass is 16.5. The van der Waals surface area contributed by atoms with Crippen molar-refractivity contribution in [3.8, 4) is 0 Å². The van der Waals surface area contributed by atoms with Crippen molar-refractivity contribution in [3.63, 3.8) is 0 Å². The summed E-state index contributed by atoms with van der Waals surface area (Å²) in [6, 6.07) is 0. The Bertz CT molecular complexity index is 164. The van der Waals surface area contributed by atoms with Gasteiger partial charge in [0.15, 0.2) is 0 Å². The number of carbonyl (C=O) groups is 1. The fourth-order valence-electron chi connectivity index (χ4n) is 0.947. The second-order valence-electron chi connectivity index (χ2n) is 4.09. The molecule has 0 fully saturated rings. The normalized spacial score (nSPS) is 13.4. The van der Waals surface area contributed by atoms with E-state index in [0.29, 0.717) is 6.61 Å². The summed E-state index contributed by atoms with van der Waals surface area (Å²) in [5.41, 5.74) is 0. The minimum absolute atomic E-state index is 0.0315. The van der Waals surface area contributed by atoms with E-state index >= 15 is 0 Å². The second-order valence-corrected chi connectivity index (χ2v) is 4.09. The van der Waals surface area contributed by atoms with Gasteiger partial charge in [-0.2, -0.15) is 0 Å². The molecule has 84 valence electrons. The molecular formula is C11H22O3. The first-order chi connectivity index (χ1) is 6.43. The number of hydrogen-bond donors (Lipinski definition) is 0. The molecule has 0 amide bonds. The van der Waals surface area contributed by atoms with Crippen LogP contribution in [0.5, 0.6) is 0 Å². The summed E-state index contributed by atoms with van der Waals surface area (Å²) < 4.78 is 10.4. The molecule has 0 aliphatic heterocycles. The second kappa shape index (κ2) is 6.82. The summed E-state index contributed by atoms with van der Waals surface area (Å²) in [4.78, 5) is 11.4. The van der Waals surface area contributed by atoms with Crippen molar-refractivity contribution in [3.05, 3.63) is 0 Å². The van der Waals surface area contributed by atoms with Crippen LogP contribution in [0.4, 0.5) is 0 Å². The Labute approximate surface area is 86.8 Å². The monoisotopic (exact) mass is 202 g/mol. The molecule has 0 saturated heterocycles. The molecule has 0 saturated carbocycles. The molecule has 0 aromatic heterocycles. The largest absolute Gasteiger partial charge is 0.463 e. The van der Waals surface area contributed by atoms with E-state index in [9.17, 15) is 4.79 Å². The predicted octanol–water partition coefficient (Wildman–Crippen LogP) is 2.39. The van der Waals surface area contributed by atoms with Crippen molar-refractivity contribution in [2.45, 2.75) is 53.2 Å². The number of rotatable bonds is 6. The van der Waals surface area contributed by atoms with Crippen LogP contribution in [0.2, 0.25) is 0 Å². The summed E-state index contributed by atoms with van der Waals surface area (Å²) in [6.07, 6.45) is 0.920. The van der Waals surface area contributed by atoms with Gasteiger partial charge in [-0.1, -0.05) is 6.92 Å². The number of hydrogen-bond acceptors (Lipinski definition) is 3. The number of ether oxygens (including phenoxy) is 2. The number of carbonyl (C=O) groups excluding carboxylic acids is 1. The highest BCUT2D eigenvalue weighted by molar-refractivity contribution is 5.72. The van der Waals surface area contributed by atoms with E-state index in [2.05, 4.69) is 0 Å². The Kier molecular flexibility index (Phi) is 6.54. The van der Waals surface area contributed by atoms with Gasteiger partial charge in [-0.3, -0.25) is 4.79 Å². The van der Waals surface area contributed by atoms with Crippen molar-refractivity contribution < 1.29 is 14.3 Å². The van der Waals surface area contributed by atoms with E-state index in [-0.39, 0.29) is 24.1 Å². The third-order valence-electron chi connectivity index (χ3n) is 1.76. The summed E-state index contributed by atoms with van der Waals surface area (Å²) in [5, 5.41) is 0. The Morgan fingerprint density at radius 1 is 1.07 bits per heavy atom. The third-order valence-corrected chi connectivity index (χ3v) is 1.76. The third kappa shape index (κ3) is 6.89. The lowest BCUT2D eigenvalue weighted by atomic mass is 10.1. The molecular weight excluding hydrogens is 180 g/mol. The summed E-state index contributed by atoms with van der Waals surface area (Å²) >= 11 is 0. The van der Waals surface area contributed by atoms with Crippen LogP contribution in [0.3, 0.4) is 0 Å². The van der Waals surface area contributed by atoms with Gasteiger partial charge in [-0.25, -0.2) is 0 Å². The van der Waals surface area contributed by atoms with Crippen LogP contribution >= 0.6 is 0 Å². The van der Waals surface area contributed by atoms with Crippen LogP contribution < -0.4 is 0 Å². The van der Waals surface area contributed by atoms with E-state index in [4.69, 9.17) is 9.47 Å². The van der Waals surface area contributed by atoms with E-state index in [1.165, 1.54) is 0 Å². The van der Waals surface area contributed by atoms with E-state index in [1.807, 2.05) is 34.6 Å². The molecule has 0 aromatic rings. The van der Waals surface area contributed by atoms with Crippen LogP contribution in [0.1, 0.15) is 41.0 Å². The van der Waals surface area contributed by atoms with Crippen LogP contribution in [0.15, 0.2) is 0 Å². The van der Waals surface area contributed by atoms with E-state index in [1.54, 1.807) is 0 Å². The molecule has 0 bridgehead atoms. The molecule has 1 atom stereocenters. The molecule has 14 heavy (non-hydrogen) atoms. The van der Waals surface area contributed by atoms with Crippen LogP contribution in [0.25, 0.3) is 0 Å². The molecule has 0 rings (SSSR count).